The number of urea groups is 1. The van der Waals surface area contributed by atoms with Crippen LogP contribution in [0.5, 0.6) is 5.75 Å². The lowest BCUT2D eigenvalue weighted by Crippen LogP contribution is -2.38. The molecule has 1 aliphatic carbocycles. The monoisotopic (exact) mass is 277 g/mol. The van der Waals surface area contributed by atoms with Crippen LogP contribution in [0, 0.1) is 0 Å². The van der Waals surface area contributed by atoms with Crippen molar-refractivity contribution in [2.75, 3.05) is 6.61 Å². The first-order valence-electron chi connectivity index (χ1n) is 6.17. The lowest BCUT2D eigenvalue weighted by Gasteiger charge is -2.20. The summed E-state index contributed by atoms with van der Waals surface area (Å²) in [6, 6.07) is 4.43. The van der Waals surface area contributed by atoms with Gasteiger partial charge in [0, 0.05) is 11.1 Å². The topological polar surface area (TPSA) is 114 Å². The number of hydrogen-bond donors (Lipinski definition) is 3. The summed E-state index contributed by atoms with van der Waals surface area (Å²) in [5, 5.41) is 14.2. The molecule has 0 saturated heterocycles. The Morgan fingerprint density at radius 2 is 2.20 bits per heavy atom. The van der Waals surface area contributed by atoms with E-state index in [1.807, 2.05) is 11.4 Å². The summed E-state index contributed by atoms with van der Waals surface area (Å²) in [4.78, 5) is 21.8. The van der Waals surface area contributed by atoms with Crippen molar-refractivity contribution in [2.45, 2.75) is 19.3 Å². The first-order valence-corrected chi connectivity index (χ1v) is 6.17. The van der Waals surface area contributed by atoms with Gasteiger partial charge in [0.2, 0.25) is 0 Å². The molecule has 0 spiro atoms. The number of fused-ring (bicyclic) bond motifs is 1. The van der Waals surface area contributed by atoms with Gasteiger partial charge in [0.05, 0.1) is 5.71 Å². The Labute approximate surface area is 115 Å². The van der Waals surface area contributed by atoms with E-state index in [4.69, 9.17) is 15.7 Å². The third-order valence-electron chi connectivity index (χ3n) is 3.03. The molecule has 106 valence electrons. The zero-order valence-electron chi connectivity index (χ0n) is 10.8. The minimum Gasteiger partial charge on any atom is -0.483 e. The minimum atomic E-state index is -0.914. The zero-order valence-corrected chi connectivity index (χ0v) is 10.8. The molecule has 4 N–H and O–H groups in total. The van der Waals surface area contributed by atoms with Crippen molar-refractivity contribution >= 4 is 17.6 Å². The van der Waals surface area contributed by atoms with Gasteiger partial charge in [-0.25, -0.2) is 4.79 Å². The third kappa shape index (κ3) is 3.05. The van der Waals surface area contributed by atoms with Crippen LogP contribution in [0.1, 0.15) is 24.0 Å². The summed E-state index contributed by atoms with van der Waals surface area (Å²) < 4.78 is 5.40. The van der Waals surface area contributed by atoms with Gasteiger partial charge in [0.15, 0.2) is 6.61 Å². The number of nitrogens with zero attached hydrogens (tertiary/aromatic N) is 1. The maximum absolute atomic E-state index is 11.3. The Kier molecular flexibility index (Phi) is 4.19. The first-order chi connectivity index (χ1) is 9.61. The number of nitrogens with one attached hydrogen (secondary N) is 1. The molecule has 1 aliphatic rings. The van der Waals surface area contributed by atoms with Crippen LogP contribution in [-0.2, 0) is 11.2 Å². The smallest absolute Gasteiger partial charge is 0.318 e. The maximum atomic E-state index is 11.3. The van der Waals surface area contributed by atoms with Gasteiger partial charge in [0.25, 0.3) is 5.91 Å². The molecule has 20 heavy (non-hydrogen) atoms. The fourth-order valence-electron chi connectivity index (χ4n) is 2.22. The molecule has 0 radical (unpaired) electrons. The number of oxime groups is 1. The Balaban J connectivity index is 2.14. The van der Waals surface area contributed by atoms with Gasteiger partial charge >= 0.3 is 6.03 Å². The van der Waals surface area contributed by atoms with E-state index >= 15 is 0 Å². The average Bonchev–Trinajstić information content (AvgIpc) is 2.43. The van der Waals surface area contributed by atoms with E-state index in [0.29, 0.717) is 17.9 Å². The number of carbonyl (C=O) groups excluding carboxylic acids is 2. The normalized spacial score (nSPS) is 15.5. The minimum absolute atomic E-state index is 0.301. The molecule has 0 aliphatic heterocycles. The molecular weight excluding hydrogens is 262 g/mol. The summed E-state index contributed by atoms with van der Waals surface area (Å²) in [6.45, 7) is -0.301. The summed E-state index contributed by atoms with van der Waals surface area (Å²) in [5.74, 6) is -0.0649. The Hall–Kier alpha value is -2.57. The number of primary amides is 1. The van der Waals surface area contributed by atoms with Gasteiger partial charge in [-0.1, -0.05) is 17.3 Å². The molecule has 0 unspecified atom stereocenters. The van der Waals surface area contributed by atoms with E-state index in [0.717, 1.165) is 24.0 Å². The fraction of sp³-hybridized carbons (Fsp3) is 0.308. The van der Waals surface area contributed by atoms with Gasteiger partial charge in [-0.3, -0.25) is 10.1 Å². The quantitative estimate of drug-likeness (QED) is 0.559. The average molecular weight is 277 g/mol. The van der Waals surface area contributed by atoms with Crippen molar-refractivity contribution in [1.29, 1.82) is 0 Å². The molecule has 3 amide bonds. The number of rotatable bonds is 3. The van der Waals surface area contributed by atoms with Crippen LogP contribution in [0.25, 0.3) is 0 Å². The first kappa shape index (κ1) is 13.9. The highest BCUT2D eigenvalue weighted by molar-refractivity contribution is 6.03. The van der Waals surface area contributed by atoms with Crippen molar-refractivity contribution in [3.63, 3.8) is 0 Å². The number of carbonyl (C=O) groups is 2. The number of ether oxygens (including phenoxy) is 1. The van der Waals surface area contributed by atoms with Crippen LogP contribution in [0.15, 0.2) is 23.4 Å². The lowest BCUT2D eigenvalue weighted by molar-refractivity contribution is -0.121. The Morgan fingerprint density at radius 3 is 2.90 bits per heavy atom. The molecule has 0 aromatic heterocycles. The van der Waals surface area contributed by atoms with Crippen LogP contribution < -0.4 is 15.8 Å². The molecule has 7 heteroatoms. The summed E-state index contributed by atoms with van der Waals surface area (Å²) >= 11 is 0. The SMILES string of the molecule is NC(=O)NC(=O)COc1cccc2c1CCCC2=NO. The van der Waals surface area contributed by atoms with E-state index in [9.17, 15) is 9.59 Å². The molecule has 0 saturated carbocycles. The highest BCUT2D eigenvalue weighted by Gasteiger charge is 2.20. The van der Waals surface area contributed by atoms with Crippen molar-refractivity contribution in [3.8, 4) is 5.75 Å². The highest BCUT2D eigenvalue weighted by Crippen LogP contribution is 2.29. The second kappa shape index (κ2) is 6.05. The molecule has 0 bridgehead atoms. The molecule has 1 aromatic carbocycles. The number of nitrogens with two attached hydrogens (primary N) is 1. The van der Waals surface area contributed by atoms with Crippen LogP contribution in [0.3, 0.4) is 0 Å². The maximum Gasteiger partial charge on any atom is 0.318 e. The summed E-state index contributed by atoms with van der Waals surface area (Å²) in [5.41, 5.74) is 7.18. The van der Waals surface area contributed by atoms with Gasteiger partial charge in [-0.05, 0) is 25.3 Å². The molecule has 1 aromatic rings. The Morgan fingerprint density at radius 1 is 1.40 bits per heavy atom. The van der Waals surface area contributed by atoms with E-state index in [-0.39, 0.29) is 6.61 Å². The van der Waals surface area contributed by atoms with E-state index in [1.54, 1.807) is 12.1 Å². The predicted molar refractivity (Wildman–Crippen MR) is 70.9 cm³/mol. The second-order valence-corrected chi connectivity index (χ2v) is 4.38. The van der Waals surface area contributed by atoms with Crippen LogP contribution in [0.2, 0.25) is 0 Å². The molecule has 2 rings (SSSR count). The second-order valence-electron chi connectivity index (χ2n) is 4.38. The van der Waals surface area contributed by atoms with Crippen LogP contribution in [0.4, 0.5) is 4.79 Å². The number of benzene rings is 1. The van der Waals surface area contributed by atoms with Gasteiger partial charge in [-0.2, -0.15) is 0 Å². The van der Waals surface area contributed by atoms with Crippen molar-refractivity contribution < 1.29 is 19.5 Å². The van der Waals surface area contributed by atoms with Gasteiger partial charge in [-0.15, -0.1) is 0 Å². The standard InChI is InChI=1S/C13H15N3O4/c14-13(18)15-12(17)7-20-11-6-2-3-8-9(11)4-1-5-10(8)16-19/h2-3,6,19H,1,4-5,7H2,(H3,14,15,17,18). The van der Waals surface area contributed by atoms with Crippen molar-refractivity contribution in [1.82, 2.24) is 5.32 Å². The van der Waals surface area contributed by atoms with Crippen molar-refractivity contribution in [2.24, 2.45) is 10.9 Å². The third-order valence-corrected chi connectivity index (χ3v) is 3.03. The summed E-state index contributed by atoms with van der Waals surface area (Å²) in [7, 11) is 0. The number of hydrogen-bond acceptors (Lipinski definition) is 5. The summed E-state index contributed by atoms with van der Waals surface area (Å²) in [6.07, 6.45) is 2.33. The number of amides is 3. The van der Waals surface area contributed by atoms with Crippen molar-refractivity contribution in [3.05, 3.63) is 29.3 Å². The fourth-order valence-corrected chi connectivity index (χ4v) is 2.22. The highest BCUT2D eigenvalue weighted by atomic mass is 16.5. The van der Waals surface area contributed by atoms with E-state index in [1.165, 1.54) is 0 Å². The van der Waals surface area contributed by atoms with Gasteiger partial charge in [0.1, 0.15) is 5.75 Å². The zero-order chi connectivity index (χ0) is 14.5. The van der Waals surface area contributed by atoms with E-state index < -0.39 is 11.9 Å². The molecular formula is C13H15N3O4. The van der Waals surface area contributed by atoms with E-state index in [2.05, 4.69) is 5.16 Å². The lowest BCUT2D eigenvalue weighted by atomic mass is 9.89. The Bertz CT molecular complexity index is 569. The predicted octanol–water partition coefficient (Wildman–Crippen LogP) is 0.775. The molecule has 0 atom stereocenters. The van der Waals surface area contributed by atoms with Crippen LogP contribution >= 0.6 is 0 Å². The van der Waals surface area contributed by atoms with Crippen LogP contribution in [-0.4, -0.2) is 29.5 Å². The largest absolute Gasteiger partial charge is 0.483 e. The molecule has 0 fully saturated rings. The number of imide groups is 1. The molecule has 7 nitrogen and oxygen atoms in total. The molecule has 0 heterocycles. The van der Waals surface area contributed by atoms with Gasteiger partial charge < -0.3 is 15.7 Å².